The Balaban J connectivity index is 2.04. The molecule has 21 heavy (non-hydrogen) atoms. The van der Waals surface area contributed by atoms with E-state index in [2.05, 4.69) is 10.6 Å². The first kappa shape index (κ1) is 15.8. The molecular formula is C17H27N3O. The first-order chi connectivity index (χ1) is 10.0. The second-order valence-corrected chi connectivity index (χ2v) is 6.27. The van der Waals surface area contributed by atoms with Crippen molar-refractivity contribution < 1.29 is 4.79 Å². The molecule has 0 aromatic heterocycles. The Morgan fingerprint density at radius 2 is 1.76 bits per heavy atom. The molecule has 1 fully saturated rings. The normalized spacial score (nSPS) is 19.0. The van der Waals surface area contributed by atoms with Crippen LogP contribution in [-0.2, 0) is 5.66 Å². The SMILES string of the molecule is CN(C)C(C)(NC(=O)NC1CCCCC1)c1ccccc1. The average molecular weight is 289 g/mol. The van der Waals surface area contributed by atoms with Crippen molar-refractivity contribution >= 4 is 6.03 Å². The Morgan fingerprint density at radius 3 is 2.33 bits per heavy atom. The van der Waals surface area contributed by atoms with Crippen molar-refractivity contribution in [2.45, 2.75) is 50.7 Å². The van der Waals surface area contributed by atoms with Gasteiger partial charge in [0.15, 0.2) is 0 Å². The van der Waals surface area contributed by atoms with E-state index >= 15 is 0 Å². The van der Waals surface area contributed by atoms with Crippen LogP contribution in [0.15, 0.2) is 30.3 Å². The lowest BCUT2D eigenvalue weighted by atomic mass is 9.95. The van der Waals surface area contributed by atoms with Crippen LogP contribution in [0.25, 0.3) is 0 Å². The lowest BCUT2D eigenvalue weighted by Crippen LogP contribution is -2.57. The predicted molar refractivity (Wildman–Crippen MR) is 86.0 cm³/mol. The molecule has 2 rings (SSSR count). The summed E-state index contributed by atoms with van der Waals surface area (Å²) in [5.74, 6) is 0. The minimum absolute atomic E-state index is 0.0815. The van der Waals surface area contributed by atoms with E-state index in [1.54, 1.807) is 0 Å². The van der Waals surface area contributed by atoms with E-state index in [0.29, 0.717) is 6.04 Å². The van der Waals surface area contributed by atoms with Crippen molar-refractivity contribution in [1.29, 1.82) is 0 Å². The van der Waals surface area contributed by atoms with Crippen molar-refractivity contribution in [2.75, 3.05) is 14.1 Å². The van der Waals surface area contributed by atoms with Gasteiger partial charge in [0.2, 0.25) is 0 Å². The molecule has 1 aromatic rings. The quantitative estimate of drug-likeness (QED) is 0.837. The third-order valence-electron chi connectivity index (χ3n) is 4.53. The molecule has 116 valence electrons. The zero-order valence-electron chi connectivity index (χ0n) is 13.4. The number of benzene rings is 1. The van der Waals surface area contributed by atoms with Gasteiger partial charge in [-0.25, -0.2) is 4.79 Å². The van der Waals surface area contributed by atoms with Gasteiger partial charge in [0.05, 0.1) is 0 Å². The van der Waals surface area contributed by atoms with Gasteiger partial charge in [0.1, 0.15) is 5.66 Å². The summed E-state index contributed by atoms with van der Waals surface area (Å²) in [7, 11) is 3.96. The molecular weight excluding hydrogens is 262 g/mol. The maximum Gasteiger partial charge on any atom is 0.316 e. The Hall–Kier alpha value is -1.55. The molecule has 1 unspecified atom stereocenters. The van der Waals surface area contributed by atoms with Crippen LogP contribution in [-0.4, -0.2) is 31.1 Å². The summed E-state index contributed by atoms with van der Waals surface area (Å²) in [6.45, 7) is 2.03. The molecule has 1 saturated carbocycles. The molecule has 1 aromatic carbocycles. The third-order valence-corrected chi connectivity index (χ3v) is 4.53. The Labute approximate surface area is 127 Å². The summed E-state index contributed by atoms with van der Waals surface area (Å²) >= 11 is 0. The fourth-order valence-electron chi connectivity index (χ4n) is 2.89. The summed E-state index contributed by atoms with van der Waals surface area (Å²) in [4.78, 5) is 14.4. The van der Waals surface area contributed by atoms with Gasteiger partial charge in [0.25, 0.3) is 0 Å². The van der Waals surface area contributed by atoms with Gasteiger partial charge in [0, 0.05) is 6.04 Å². The summed E-state index contributed by atoms with van der Waals surface area (Å²) in [5, 5.41) is 6.25. The van der Waals surface area contributed by atoms with Crippen molar-refractivity contribution in [3.8, 4) is 0 Å². The maximum absolute atomic E-state index is 12.4. The molecule has 0 heterocycles. The highest BCUT2D eigenvalue weighted by Crippen LogP contribution is 2.23. The van der Waals surface area contributed by atoms with Crippen molar-refractivity contribution in [1.82, 2.24) is 15.5 Å². The predicted octanol–water partition coefficient (Wildman–Crippen LogP) is 3.05. The van der Waals surface area contributed by atoms with Gasteiger partial charge in [-0.05, 0) is 39.4 Å². The van der Waals surface area contributed by atoms with Crippen LogP contribution in [0.2, 0.25) is 0 Å². The van der Waals surface area contributed by atoms with Crippen LogP contribution >= 0.6 is 0 Å². The second-order valence-electron chi connectivity index (χ2n) is 6.27. The van der Waals surface area contributed by atoms with E-state index in [4.69, 9.17) is 0 Å². The van der Waals surface area contributed by atoms with Gasteiger partial charge in [-0.1, -0.05) is 49.6 Å². The first-order valence-electron chi connectivity index (χ1n) is 7.84. The number of amides is 2. The molecule has 0 saturated heterocycles. The molecule has 4 nitrogen and oxygen atoms in total. The fraction of sp³-hybridized carbons (Fsp3) is 0.588. The summed E-state index contributed by atoms with van der Waals surface area (Å²) in [5.41, 5.74) is 0.564. The molecule has 1 aliphatic carbocycles. The number of rotatable bonds is 4. The van der Waals surface area contributed by atoms with Crippen molar-refractivity contribution in [3.63, 3.8) is 0 Å². The Morgan fingerprint density at radius 1 is 1.14 bits per heavy atom. The van der Waals surface area contributed by atoms with Crippen LogP contribution in [0.5, 0.6) is 0 Å². The molecule has 1 atom stereocenters. The van der Waals surface area contributed by atoms with E-state index in [9.17, 15) is 4.79 Å². The number of nitrogens with one attached hydrogen (secondary N) is 2. The number of carbonyl (C=O) groups excluding carboxylic acids is 1. The molecule has 1 aliphatic rings. The smallest absolute Gasteiger partial charge is 0.316 e. The van der Waals surface area contributed by atoms with Gasteiger partial charge < -0.3 is 10.6 Å². The van der Waals surface area contributed by atoms with Crippen LogP contribution < -0.4 is 10.6 Å². The topological polar surface area (TPSA) is 44.4 Å². The van der Waals surface area contributed by atoms with E-state index in [0.717, 1.165) is 18.4 Å². The average Bonchev–Trinajstić information content (AvgIpc) is 2.48. The first-order valence-corrected chi connectivity index (χ1v) is 7.84. The standard InChI is InChI=1S/C17H27N3O/c1-17(20(2)3,14-10-6-4-7-11-14)19-16(21)18-15-12-8-5-9-13-15/h4,6-7,10-11,15H,5,8-9,12-13H2,1-3H3,(H2,18,19,21). The van der Waals surface area contributed by atoms with E-state index in [-0.39, 0.29) is 6.03 Å². The van der Waals surface area contributed by atoms with Gasteiger partial charge >= 0.3 is 6.03 Å². The highest BCUT2D eigenvalue weighted by Gasteiger charge is 2.31. The Kier molecular flexibility index (Phi) is 5.23. The fourth-order valence-corrected chi connectivity index (χ4v) is 2.89. The monoisotopic (exact) mass is 289 g/mol. The van der Waals surface area contributed by atoms with Gasteiger partial charge in [-0.3, -0.25) is 4.90 Å². The molecule has 0 aliphatic heterocycles. The van der Waals surface area contributed by atoms with E-state index < -0.39 is 5.66 Å². The molecule has 0 radical (unpaired) electrons. The largest absolute Gasteiger partial charge is 0.335 e. The van der Waals surface area contributed by atoms with Crippen LogP contribution in [0.4, 0.5) is 4.79 Å². The molecule has 2 N–H and O–H groups in total. The minimum atomic E-state index is -0.514. The number of hydrogen-bond acceptors (Lipinski definition) is 2. The molecule has 0 bridgehead atoms. The maximum atomic E-state index is 12.4. The number of nitrogens with zero attached hydrogens (tertiary/aromatic N) is 1. The van der Waals surface area contributed by atoms with Gasteiger partial charge in [-0.15, -0.1) is 0 Å². The van der Waals surface area contributed by atoms with E-state index in [1.807, 2.05) is 56.3 Å². The van der Waals surface area contributed by atoms with E-state index in [1.165, 1.54) is 19.3 Å². The zero-order valence-corrected chi connectivity index (χ0v) is 13.4. The zero-order chi connectivity index (χ0) is 15.3. The van der Waals surface area contributed by atoms with Crippen LogP contribution in [0.3, 0.4) is 0 Å². The highest BCUT2D eigenvalue weighted by molar-refractivity contribution is 5.75. The number of urea groups is 1. The molecule has 2 amide bonds. The summed E-state index contributed by atoms with van der Waals surface area (Å²) in [6, 6.07) is 10.3. The lowest BCUT2D eigenvalue weighted by Gasteiger charge is -2.38. The Bertz CT molecular complexity index is 454. The van der Waals surface area contributed by atoms with Crippen LogP contribution in [0, 0.1) is 0 Å². The van der Waals surface area contributed by atoms with Crippen molar-refractivity contribution in [2.24, 2.45) is 0 Å². The van der Waals surface area contributed by atoms with Crippen LogP contribution in [0.1, 0.15) is 44.6 Å². The lowest BCUT2D eigenvalue weighted by molar-refractivity contribution is 0.131. The highest BCUT2D eigenvalue weighted by atomic mass is 16.2. The van der Waals surface area contributed by atoms with Crippen molar-refractivity contribution in [3.05, 3.63) is 35.9 Å². The third kappa shape index (κ3) is 3.97. The second kappa shape index (κ2) is 6.94. The summed E-state index contributed by atoms with van der Waals surface area (Å²) < 4.78 is 0. The molecule has 4 heteroatoms. The summed E-state index contributed by atoms with van der Waals surface area (Å²) in [6.07, 6.45) is 5.91. The number of carbonyl (C=O) groups is 1. The van der Waals surface area contributed by atoms with Gasteiger partial charge in [-0.2, -0.15) is 0 Å². The number of hydrogen-bond donors (Lipinski definition) is 2. The minimum Gasteiger partial charge on any atom is -0.335 e. The molecule has 0 spiro atoms.